The van der Waals surface area contributed by atoms with Crippen LogP contribution in [0.15, 0.2) is 48.5 Å². The van der Waals surface area contributed by atoms with E-state index in [4.69, 9.17) is 9.47 Å². The van der Waals surface area contributed by atoms with Gasteiger partial charge in [-0.3, -0.25) is 14.9 Å². The number of amides is 2. The van der Waals surface area contributed by atoms with Crippen molar-refractivity contribution in [2.75, 3.05) is 31.2 Å². The Morgan fingerprint density at radius 1 is 1.15 bits per heavy atom. The first-order valence-corrected chi connectivity index (χ1v) is 9.77. The van der Waals surface area contributed by atoms with Crippen LogP contribution in [0.5, 0.6) is 11.5 Å². The molecule has 2 heterocycles. The second-order valence-corrected chi connectivity index (χ2v) is 7.56. The van der Waals surface area contributed by atoms with Crippen molar-refractivity contribution in [2.24, 2.45) is 0 Å². The Kier molecular flexibility index (Phi) is 5.20. The smallest absolute Gasteiger partial charge is 0.286 e. The molecule has 4 rings (SSSR count). The summed E-state index contributed by atoms with van der Waals surface area (Å²) in [4.78, 5) is 25.1. The molecule has 7 heteroatoms. The molecular formula is C20H20N2O4S. The van der Waals surface area contributed by atoms with Crippen LogP contribution >= 0.6 is 11.8 Å². The zero-order valence-corrected chi connectivity index (χ0v) is 15.5. The van der Waals surface area contributed by atoms with Crippen LogP contribution in [0, 0.1) is 0 Å². The normalized spacial score (nSPS) is 18.7. The molecule has 0 bridgehead atoms. The van der Waals surface area contributed by atoms with Crippen molar-refractivity contribution in [3.05, 3.63) is 54.1 Å². The Balaban J connectivity index is 1.28. The maximum atomic E-state index is 11.6. The minimum Gasteiger partial charge on any atom is -0.492 e. The van der Waals surface area contributed by atoms with E-state index in [1.165, 1.54) is 0 Å². The van der Waals surface area contributed by atoms with Gasteiger partial charge in [-0.1, -0.05) is 36.0 Å². The molecule has 140 valence electrons. The average molecular weight is 384 g/mol. The molecule has 2 amide bonds. The lowest BCUT2D eigenvalue weighted by Crippen LogP contribution is -2.35. The molecule has 0 spiro atoms. The molecule has 0 radical (unpaired) electrons. The number of hydrogen-bond donors (Lipinski definition) is 1. The number of rotatable bonds is 6. The van der Waals surface area contributed by atoms with Gasteiger partial charge in [-0.15, -0.1) is 0 Å². The van der Waals surface area contributed by atoms with Crippen molar-refractivity contribution in [2.45, 2.75) is 11.7 Å². The molecule has 1 fully saturated rings. The molecule has 0 saturated carbocycles. The lowest BCUT2D eigenvalue weighted by atomic mass is 10.1. The van der Waals surface area contributed by atoms with E-state index in [0.29, 0.717) is 19.6 Å². The summed E-state index contributed by atoms with van der Waals surface area (Å²) in [5.74, 6) is 1.50. The van der Waals surface area contributed by atoms with Crippen LogP contribution in [0.4, 0.5) is 10.5 Å². The van der Waals surface area contributed by atoms with Crippen molar-refractivity contribution >= 4 is 28.6 Å². The Hall–Kier alpha value is -2.67. The zero-order chi connectivity index (χ0) is 18.6. The summed E-state index contributed by atoms with van der Waals surface area (Å²) in [6.07, 6.45) is 0.535. The maximum Gasteiger partial charge on any atom is 0.286 e. The number of imide groups is 1. The van der Waals surface area contributed by atoms with Crippen LogP contribution in [0.1, 0.15) is 5.56 Å². The standard InChI is InChI=1S/C20H20N2O4S/c23-19-18(27-20(24)21-19)13-14-5-7-15(8-6-14)25-11-9-22-10-12-26-17-4-2-1-3-16(17)22/h1-8,18H,9-13H2,(H,21,23,24). The highest BCUT2D eigenvalue weighted by atomic mass is 32.2. The monoisotopic (exact) mass is 384 g/mol. The highest BCUT2D eigenvalue weighted by Crippen LogP contribution is 2.30. The lowest BCUT2D eigenvalue weighted by Gasteiger charge is -2.31. The lowest BCUT2D eigenvalue weighted by molar-refractivity contribution is -0.118. The summed E-state index contributed by atoms with van der Waals surface area (Å²) in [7, 11) is 0. The number of fused-ring (bicyclic) bond motifs is 1. The van der Waals surface area contributed by atoms with Crippen LogP contribution < -0.4 is 19.7 Å². The van der Waals surface area contributed by atoms with E-state index in [1.54, 1.807) is 0 Å². The molecule has 1 N–H and O–H groups in total. The zero-order valence-electron chi connectivity index (χ0n) is 14.7. The Morgan fingerprint density at radius 2 is 1.96 bits per heavy atom. The summed E-state index contributed by atoms with van der Waals surface area (Å²) in [5, 5.41) is 1.70. The fourth-order valence-electron chi connectivity index (χ4n) is 3.20. The number of thioether (sulfide) groups is 1. The van der Waals surface area contributed by atoms with E-state index >= 15 is 0 Å². The van der Waals surface area contributed by atoms with Gasteiger partial charge in [0.15, 0.2) is 0 Å². The number of nitrogens with zero attached hydrogens (tertiary/aromatic N) is 1. The third-order valence-corrected chi connectivity index (χ3v) is 5.55. The summed E-state index contributed by atoms with van der Waals surface area (Å²) in [6.45, 7) is 2.88. The second-order valence-electron chi connectivity index (χ2n) is 6.38. The molecular weight excluding hydrogens is 364 g/mol. The van der Waals surface area contributed by atoms with Crippen LogP contribution in [0.2, 0.25) is 0 Å². The van der Waals surface area contributed by atoms with Crippen molar-refractivity contribution in [3.63, 3.8) is 0 Å². The molecule has 0 aliphatic carbocycles. The third-order valence-electron chi connectivity index (χ3n) is 4.57. The SMILES string of the molecule is O=C1NC(=O)C(Cc2ccc(OCCN3CCOc4ccccc43)cc2)S1. The van der Waals surface area contributed by atoms with Gasteiger partial charge in [-0.2, -0.15) is 0 Å². The third kappa shape index (κ3) is 4.19. The van der Waals surface area contributed by atoms with Crippen LogP contribution in [-0.2, 0) is 11.2 Å². The van der Waals surface area contributed by atoms with Gasteiger partial charge in [0.05, 0.1) is 24.0 Å². The summed E-state index contributed by atoms with van der Waals surface area (Å²) >= 11 is 1.05. The quantitative estimate of drug-likeness (QED) is 0.826. The summed E-state index contributed by atoms with van der Waals surface area (Å²) in [5.41, 5.74) is 2.11. The molecule has 2 aliphatic heterocycles. The minimum absolute atomic E-state index is 0.212. The van der Waals surface area contributed by atoms with Gasteiger partial charge in [-0.25, -0.2) is 0 Å². The van der Waals surface area contributed by atoms with Gasteiger partial charge < -0.3 is 14.4 Å². The van der Waals surface area contributed by atoms with Gasteiger partial charge in [0.1, 0.15) is 24.7 Å². The number of carbonyl (C=O) groups excluding carboxylic acids is 2. The topological polar surface area (TPSA) is 67.9 Å². The molecule has 2 aromatic carbocycles. The molecule has 1 saturated heterocycles. The number of ether oxygens (including phenoxy) is 2. The van der Waals surface area contributed by atoms with Gasteiger partial charge in [0.2, 0.25) is 5.91 Å². The highest BCUT2D eigenvalue weighted by molar-refractivity contribution is 8.15. The summed E-state index contributed by atoms with van der Waals surface area (Å²) in [6, 6.07) is 15.7. The number of anilines is 1. The Labute approximate surface area is 161 Å². The van der Waals surface area contributed by atoms with E-state index in [1.807, 2.05) is 42.5 Å². The first-order chi connectivity index (χ1) is 13.2. The molecule has 1 unspecified atom stereocenters. The molecule has 2 aromatic rings. The predicted octanol–water partition coefficient (Wildman–Crippen LogP) is 2.86. The van der Waals surface area contributed by atoms with Gasteiger partial charge in [-0.05, 0) is 36.2 Å². The predicted molar refractivity (Wildman–Crippen MR) is 105 cm³/mol. The highest BCUT2D eigenvalue weighted by Gasteiger charge is 2.31. The minimum atomic E-state index is -0.342. The van der Waals surface area contributed by atoms with Gasteiger partial charge >= 0.3 is 0 Å². The largest absolute Gasteiger partial charge is 0.492 e. The van der Waals surface area contributed by atoms with Crippen LogP contribution in [0.25, 0.3) is 0 Å². The van der Waals surface area contributed by atoms with Crippen molar-refractivity contribution in [1.82, 2.24) is 5.32 Å². The van der Waals surface area contributed by atoms with Crippen molar-refractivity contribution in [3.8, 4) is 11.5 Å². The number of nitrogens with one attached hydrogen (secondary N) is 1. The van der Waals surface area contributed by atoms with E-state index in [0.717, 1.165) is 47.6 Å². The van der Waals surface area contributed by atoms with E-state index in [2.05, 4.69) is 16.3 Å². The second kappa shape index (κ2) is 7.92. The first-order valence-electron chi connectivity index (χ1n) is 8.89. The number of para-hydroxylation sites is 2. The summed E-state index contributed by atoms with van der Waals surface area (Å²) < 4.78 is 11.5. The maximum absolute atomic E-state index is 11.6. The molecule has 2 aliphatic rings. The van der Waals surface area contributed by atoms with Crippen LogP contribution in [-0.4, -0.2) is 42.7 Å². The molecule has 6 nitrogen and oxygen atoms in total. The van der Waals surface area contributed by atoms with E-state index in [-0.39, 0.29) is 16.4 Å². The Morgan fingerprint density at radius 3 is 2.74 bits per heavy atom. The van der Waals surface area contributed by atoms with Crippen LogP contribution in [0.3, 0.4) is 0 Å². The van der Waals surface area contributed by atoms with Gasteiger partial charge in [0.25, 0.3) is 5.24 Å². The molecule has 1 atom stereocenters. The van der Waals surface area contributed by atoms with Crippen molar-refractivity contribution in [1.29, 1.82) is 0 Å². The first kappa shape index (κ1) is 17.7. The van der Waals surface area contributed by atoms with Gasteiger partial charge in [0, 0.05) is 0 Å². The Bertz CT molecular complexity index is 840. The fourth-order valence-corrected chi connectivity index (χ4v) is 4.06. The fraction of sp³-hybridized carbons (Fsp3) is 0.300. The average Bonchev–Trinajstić information content (AvgIpc) is 3.00. The number of hydrogen-bond acceptors (Lipinski definition) is 6. The molecule has 27 heavy (non-hydrogen) atoms. The number of carbonyl (C=O) groups is 2. The number of benzene rings is 2. The van der Waals surface area contributed by atoms with Crippen molar-refractivity contribution < 1.29 is 19.1 Å². The molecule has 0 aromatic heterocycles. The van der Waals surface area contributed by atoms with E-state index < -0.39 is 0 Å². The van der Waals surface area contributed by atoms with E-state index in [9.17, 15) is 9.59 Å².